The third-order valence-electron chi connectivity index (χ3n) is 3.18. The topological polar surface area (TPSA) is 52.6 Å². The number of benzene rings is 2. The zero-order valence-electron chi connectivity index (χ0n) is 13.1. The van der Waals surface area contributed by atoms with Crippen LogP contribution in [0.25, 0.3) is 6.08 Å². The Kier molecular flexibility index (Phi) is 5.69. The quantitative estimate of drug-likeness (QED) is 0.269. The Bertz CT molecular complexity index is 717. The summed E-state index contributed by atoms with van der Waals surface area (Å²) in [5, 5.41) is 0. The number of hydrogen-bond acceptors (Lipinski definition) is 4. The summed E-state index contributed by atoms with van der Waals surface area (Å²) in [6, 6.07) is 15.8. The van der Waals surface area contributed by atoms with E-state index in [0.717, 1.165) is 0 Å². The minimum atomic E-state index is -0.635. The Hall–Kier alpha value is -2.88. The van der Waals surface area contributed by atoms with E-state index in [1.54, 1.807) is 62.6 Å². The molecule has 0 saturated carbocycles. The highest BCUT2D eigenvalue weighted by Crippen LogP contribution is 2.18. The zero-order valence-corrected chi connectivity index (χ0v) is 13.1. The van der Waals surface area contributed by atoms with E-state index in [-0.39, 0.29) is 18.0 Å². The molecule has 118 valence electrons. The Balaban J connectivity index is 2.43. The molecule has 0 aromatic heterocycles. The molecule has 0 aliphatic heterocycles. The normalized spacial score (nSPS) is 11.0. The van der Waals surface area contributed by atoms with Gasteiger partial charge in [0.05, 0.1) is 13.7 Å². The first kappa shape index (κ1) is 16.5. The molecular formula is C19H18O4. The number of carbonyl (C=O) groups is 2. The van der Waals surface area contributed by atoms with E-state index < -0.39 is 5.97 Å². The minimum Gasteiger partial charge on any atom is -0.497 e. The van der Waals surface area contributed by atoms with Crippen molar-refractivity contribution in [3.63, 3.8) is 0 Å². The fourth-order valence-electron chi connectivity index (χ4n) is 2.07. The Labute approximate surface area is 135 Å². The molecule has 4 nitrogen and oxygen atoms in total. The highest BCUT2D eigenvalue weighted by atomic mass is 16.5. The van der Waals surface area contributed by atoms with Crippen molar-refractivity contribution < 1.29 is 19.1 Å². The van der Waals surface area contributed by atoms with E-state index in [4.69, 9.17) is 9.47 Å². The van der Waals surface area contributed by atoms with Gasteiger partial charge < -0.3 is 9.47 Å². The van der Waals surface area contributed by atoms with E-state index in [0.29, 0.717) is 16.9 Å². The molecule has 23 heavy (non-hydrogen) atoms. The zero-order chi connectivity index (χ0) is 16.7. The summed E-state index contributed by atoms with van der Waals surface area (Å²) in [5.41, 5.74) is 1.12. The number of Topliss-reactive ketones (excluding diaryl/α,β-unsaturated/α-hetero) is 1. The summed E-state index contributed by atoms with van der Waals surface area (Å²) in [6.07, 6.45) is 1.52. The van der Waals surface area contributed by atoms with Gasteiger partial charge in [0, 0.05) is 5.56 Å². The van der Waals surface area contributed by atoms with Crippen molar-refractivity contribution in [1.29, 1.82) is 0 Å². The number of hydrogen-bond donors (Lipinski definition) is 0. The molecule has 0 saturated heterocycles. The number of esters is 1. The lowest BCUT2D eigenvalue weighted by Gasteiger charge is -2.07. The molecule has 0 atom stereocenters. The van der Waals surface area contributed by atoms with Gasteiger partial charge in [0.1, 0.15) is 11.3 Å². The van der Waals surface area contributed by atoms with E-state index in [1.807, 2.05) is 6.07 Å². The largest absolute Gasteiger partial charge is 0.497 e. The second-order valence-corrected chi connectivity index (χ2v) is 4.75. The maximum absolute atomic E-state index is 12.6. The van der Waals surface area contributed by atoms with Gasteiger partial charge in [-0.25, -0.2) is 4.79 Å². The van der Waals surface area contributed by atoms with Crippen LogP contribution in [0.5, 0.6) is 5.75 Å². The van der Waals surface area contributed by atoms with Crippen molar-refractivity contribution >= 4 is 17.8 Å². The van der Waals surface area contributed by atoms with Crippen molar-refractivity contribution in [3.05, 3.63) is 71.3 Å². The molecule has 2 aromatic carbocycles. The van der Waals surface area contributed by atoms with Gasteiger partial charge in [-0.1, -0.05) is 42.5 Å². The molecular weight excluding hydrogens is 292 g/mol. The molecule has 0 amide bonds. The fraction of sp³-hybridized carbons (Fsp3) is 0.158. The number of methoxy groups -OCH3 is 1. The first-order valence-corrected chi connectivity index (χ1v) is 7.28. The molecule has 0 heterocycles. The van der Waals surface area contributed by atoms with Crippen LogP contribution in [0.2, 0.25) is 0 Å². The lowest BCUT2D eigenvalue weighted by molar-refractivity contribution is -0.137. The summed E-state index contributed by atoms with van der Waals surface area (Å²) in [5.74, 6) is -0.356. The summed E-state index contributed by atoms with van der Waals surface area (Å²) in [7, 11) is 1.56. The maximum Gasteiger partial charge on any atom is 0.342 e. The van der Waals surface area contributed by atoms with Crippen LogP contribution < -0.4 is 4.74 Å². The average molecular weight is 310 g/mol. The van der Waals surface area contributed by atoms with Gasteiger partial charge in [0.15, 0.2) is 5.78 Å². The van der Waals surface area contributed by atoms with Crippen LogP contribution in [0, 0.1) is 0 Å². The van der Waals surface area contributed by atoms with Crippen molar-refractivity contribution in [2.75, 3.05) is 13.7 Å². The summed E-state index contributed by atoms with van der Waals surface area (Å²) in [4.78, 5) is 24.8. The van der Waals surface area contributed by atoms with Crippen LogP contribution in [0.1, 0.15) is 22.8 Å². The smallest absolute Gasteiger partial charge is 0.342 e. The first-order valence-electron chi connectivity index (χ1n) is 7.28. The van der Waals surface area contributed by atoms with Gasteiger partial charge in [-0.3, -0.25) is 4.79 Å². The van der Waals surface area contributed by atoms with Crippen LogP contribution in [0.3, 0.4) is 0 Å². The van der Waals surface area contributed by atoms with Gasteiger partial charge in [-0.2, -0.15) is 0 Å². The van der Waals surface area contributed by atoms with Gasteiger partial charge in [-0.15, -0.1) is 0 Å². The monoisotopic (exact) mass is 310 g/mol. The second-order valence-electron chi connectivity index (χ2n) is 4.75. The number of ether oxygens (including phenoxy) is 2. The van der Waals surface area contributed by atoms with E-state index in [1.165, 1.54) is 6.08 Å². The van der Waals surface area contributed by atoms with Gasteiger partial charge in [0.25, 0.3) is 0 Å². The lowest BCUT2D eigenvalue weighted by Crippen LogP contribution is -2.16. The van der Waals surface area contributed by atoms with Gasteiger partial charge in [0.2, 0.25) is 0 Å². The molecule has 0 fully saturated rings. The van der Waals surface area contributed by atoms with Gasteiger partial charge in [-0.05, 0) is 30.7 Å². The molecule has 2 rings (SSSR count). The molecule has 0 radical (unpaired) electrons. The van der Waals surface area contributed by atoms with Crippen molar-refractivity contribution in [2.24, 2.45) is 0 Å². The van der Waals surface area contributed by atoms with Crippen LogP contribution >= 0.6 is 0 Å². The SMILES string of the molecule is CCOC(=O)/C(=C/c1cccc(OC)c1)C(=O)c1ccccc1. The predicted octanol–water partition coefficient (Wildman–Crippen LogP) is 3.52. The van der Waals surface area contributed by atoms with Crippen molar-refractivity contribution in [3.8, 4) is 5.75 Å². The summed E-state index contributed by atoms with van der Waals surface area (Å²) >= 11 is 0. The number of ketones is 1. The molecule has 0 aliphatic carbocycles. The third kappa shape index (κ3) is 4.30. The second kappa shape index (κ2) is 7.94. The van der Waals surface area contributed by atoms with E-state index in [9.17, 15) is 9.59 Å². The van der Waals surface area contributed by atoms with E-state index >= 15 is 0 Å². The maximum atomic E-state index is 12.6. The third-order valence-corrected chi connectivity index (χ3v) is 3.18. The first-order chi connectivity index (χ1) is 11.2. The Morgan fingerprint density at radius 1 is 1.04 bits per heavy atom. The fourth-order valence-corrected chi connectivity index (χ4v) is 2.07. The highest BCUT2D eigenvalue weighted by Gasteiger charge is 2.21. The molecule has 0 N–H and O–H groups in total. The number of carbonyl (C=O) groups excluding carboxylic acids is 2. The summed E-state index contributed by atoms with van der Waals surface area (Å²) < 4.78 is 10.2. The molecule has 0 unspecified atom stereocenters. The summed E-state index contributed by atoms with van der Waals surface area (Å²) in [6.45, 7) is 1.91. The van der Waals surface area contributed by atoms with Crippen molar-refractivity contribution in [2.45, 2.75) is 6.92 Å². The Morgan fingerprint density at radius 2 is 1.78 bits per heavy atom. The molecule has 2 aromatic rings. The number of rotatable bonds is 6. The predicted molar refractivity (Wildman–Crippen MR) is 88.4 cm³/mol. The van der Waals surface area contributed by atoms with Crippen LogP contribution in [-0.4, -0.2) is 25.5 Å². The molecule has 4 heteroatoms. The lowest BCUT2D eigenvalue weighted by atomic mass is 10.0. The highest BCUT2D eigenvalue weighted by molar-refractivity contribution is 6.26. The van der Waals surface area contributed by atoms with Crippen molar-refractivity contribution in [1.82, 2.24) is 0 Å². The molecule has 0 bridgehead atoms. The van der Waals surface area contributed by atoms with Crippen LogP contribution in [0.4, 0.5) is 0 Å². The standard InChI is InChI=1S/C19H18O4/c1-3-23-19(21)17(18(20)15-9-5-4-6-10-15)13-14-8-7-11-16(12-14)22-2/h4-13H,3H2,1-2H3/b17-13+. The van der Waals surface area contributed by atoms with Crippen LogP contribution in [-0.2, 0) is 9.53 Å². The molecule has 0 spiro atoms. The minimum absolute atomic E-state index is 0.00805. The molecule has 0 aliphatic rings. The van der Waals surface area contributed by atoms with Gasteiger partial charge >= 0.3 is 5.97 Å². The van der Waals surface area contributed by atoms with Crippen LogP contribution in [0.15, 0.2) is 60.2 Å². The average Bonchev–Trinajstić information content (AvgIpc) is 2.60. The Morgan fingerprint density at radius 3 is 2.43 bits per heavy atom. The van der Waals surface area contributed by atoms with E-state index in [2.05, 4.69) is 0 Å².